The van der Waals surface area contributed by atoms with Gasteiger partial charge in [0.15, 0.2) is 5.96 Å². The van der Waals surface area contributed by atoms with Crippen LogP contribution in [-0.4, -0.2) is 56.2 Å². The molecule has 27 heavy (non-hydrogen) atoms. The van der Waals surface area contributed by atoms with Crippen molar-refractivity contribution in [2.45, 2.75) is 32.6 Å². The number of rotatable bonds is 6. The third-order valence-corrected chi connectivity index (χ3v) is 6.29. The molecule has 154 valence electrons. The highest BCUT2D eigenvalue weighted by atomic mass is 127. The lowest BCUT2D eigenvalue weighted by Gasteiger charge is -2.36. The molecule has 0 aromatic heterocycles. The second kappa shape index (κ2) is 11.4. The Morgan fingerprint density at radius 3 is 2.56 bits per heavy atom. The Hall–Kier alpha value is -0.680. The van der Waals surface area contributed by atoms with Crippen LogP contribution in [0.1, 0.15) is 26.3 Å². The first kappa shape index (κ1) is 24.4. The van der Waals surface area contributed by atoms with Crippen LogP contribution in [0.2, 0.25) is 0 Å². The number of anilines is 1. The molecule has 0 radical (unpaired) electrons. The predicted octanol–water partition coefficient (Wildman–Crippen LogP) is 3.22. The maximum atomic E-state index is 11.3. The summed E-state index contributed by atoms with van der Waals surface area (Å²) in [5.74, 6) is 2.73. The van der Waals surface area contributed by atoms with Crippen LogP contribution >= 0.6 is 35.7 Å². The predicted molar refractivity (Wildman–Crippen MR) is 128 cm³/mol. The van der Waals surface area contributed by atoms with Gasteiger partial charge in [-0.25, -0.2) is 13.4 Å². The molecule has 9 heteroatoms. The maximum Gasteiger partial charge on any atom is 0.229 e. The van der Waals surface area contributed by atoms with Crippen LogP contribution in [0.15, 0.2) is 29.3 Å². The van der Waals surface area contributed by atoms with Gasteiger partial charge in [-0.15, -0.1) is 24.0 Å². The van der Waals surface area contributed by atoms with Crippen LogP contribution in [0.5, 0.6) is 0 Å². The minimum Gasteiger partial charge on any atom is -0.357 e. The van der Waals surface area contributed by atoms with Gasteiger partial charge in [-0.05, 0) is 30.5 Å². The van der Waals surface area contributed by atoms with E-state index in [0.717, 1.165) is 43.2 Å². The molecule has 0 spiro atoms. The number of hydrogen-bond acceptors (Lipinski definition) is 4. The third-order valence-electron chi connectivity index (χ3n) is 4.14. The van der Waals surface area contributed by atoms with E-state index in [9.17, 15) is 8.42 Å². The molecule has 1 aromatic carbocycles. The number of benzene rings is 1. The van der Waals surface area contributed by atoms with E-state index in [4.69, 9.17) is 4.99 Å². The summed E-state index contributed by atoms with van der Waals surface area (Å²) in [6, 6.07) is 7.35. The third kappa shape index (κ3) is 8.47. The molecule has 1 heterocycles. The summed E-state index contributed by atoms with van der Waals surface area (Å²) in [4.78, 5) is 7.14. The molecule has 0 saturated carbocycles. The summed E-state index contributed by atoms with van der Waals surface area (Å²) in [5.41, 5.74) is 1.62. The number of aliphatic imine (C=N–C) groups is 1. The van der Waals surface area contributed by atoms with Crippen LogP contribution in [0, 0.1) is 5.92 Å². The van der Waals surface area contributed by atoms with Crippen molar-refractivity contribution in [3.05, 3.63) is 29.8 Å². The van der Waals surface area contributed by atoms with Crippen LogP contribution < -0.4 is 10.0 Å². The Kier molecular flexibility index (Phi) is 10.2. The first-order valence-electron chi connectivity index (χ1n) is 9.00. The highest BCUT2D eigenvalue weighted by Gasteiger charge is 2.24. The van der Waals surface area contributed by atoms with Gasteiger partial charge in [0.1, 0.15) is 0 Å². The summed E-state index contributed by atoms with van der Waals surface area (Å²) >= 11 is 2.05. The summed E-state index contributed by atoms with van der Waals surface area (Å²) in [5, 5.41) is 4.03. The van der Waals surface area contributed by atoms with E-state index in [2.05, 4.69) is 47.5 Å². The molecular formula is C18H31IN4O2S2. The number of sulfonamides is 1. The molecule has 1 aliphatic heterocycles. The van der Waals surface area contributed by atoms with Gasteiger partial charge in [0, 0.05) is 36.3 Å². The Morgan fingerprint density at radius 1 is 1.33 bits per heavy atom. The molecule has 6 nitrogen and oxygen atoms in total. The monoisotopic (exact) mass is 526 g/mol. The van der Waals surface area contributed by atoms with E-state index in [1.165, 1.54) is 0 Å². The molecule has 1 fully saturated rings. The highest BCUT2D eigenvalue weighted by molar-refractivity contribution is 14.0. The smallest absolute Gasteiger partial charge is 0.229 e. The summed E-state index contributed by atoms with van der Waals surface area (Å²) in [7, 11) is -3.25. The zero-order valence-corrected chi connectivity index (χ0v) is 20.4. The van der Waals surface area contributed by atoms with Gasteiger partial charge in [0.05, 0.1) is 12.8 Å². The fourth-order valence-corrected chi connectivity index (χ4v) is 4.62. The van der Waals surface area contributed by atoms with Crippen LogP contribution in [0.25, 0.3) is 0 Å². The number of halogens is 1. The van der Waals surface area contributed by atoms with Crippen LogP contribution in [0.3, 0.4) is 0 Å². The number of nitrogens with zero attached hydrogens (tertiary/aromatic N) is 2. The molecule has 2 N–H and O–H groups in total. The van der Waals surface area contributed by atoms with Crippen molar-refractivity contribution in [2.24, 2.45) is 10.9 Å². The van der Waals surface area contributed by atoms with E-state index in [0.29, 0.717) is 23.4 Å². The topological polar surface area (TPSA) is 73.8 Å². The van der Waals surface area contributed by atoms with Gasteiger partial charge in [0.25, 0.3) is 0 Å². The van der Waals surface area contributed by atoms with Crippen molar-refractivity contribution < 1.29 is 8.42 Å². The van der Waals surface area contributed by atoms with Crippen LogP contribution in [0.4, 0.5) is 5.69 Å². The zero-order valence-electron chi connectivity index (χ0n) is 16.4. The molecule has 0 bridgehead atoms. The molecule has 1 aromatic rings. The average Bonchev–Trinajstić information content (AvgIpc) is 2.58. The molecule has 0 aliphatic carbocycles. The Balaban J connectivity index is 0.00000364. The highest BCUT2D eigenvalue weighted by Crippen LogP contribution is 2.25. The van der Waals surface area contributed by atoms with Crippen molar-refractivity contribution in [1.29, 1.82) is 0 Å². The average molecular weight is 527 g/mol. The Labute approximate surface area is 185 Å². The fourth-order valence-electron chi connectivity index (χ4n) is 2.76. The van der Waals surface area contributed by atoms with E-state index < -0.39 is 10.0 Å². The molecule has 2 rings (SSSR count). The van der Waals surface area contributed by atoms with Crippen molar-refractivity contribution in [3.63, 3.8) is 0 Å². The van der Waals surface area contributed by atoms with Crippen molar-refractivity contribution >= 4 is 57.4 Å². The molecule has 0 amide bonds. The fraction of sp³-hybridized carbons (Fsp3) is 0.611. The normalized spacial score (nSPS) is 18.2. The van der Waals surface area contributed by atoms with Gasteiger partial charge >= 0.3 is 0 Å². The minimum absolute atomic E-state index is 0. The van der Waals surface area contributed by atoms with Gasteiger partial charge in [-0.2, -0.15) is 11.8 Å². The minimum atomic E-state index is -3.25. The first-order chi connectivity index (χ1) is 12.3. The maximum absolute atomic E-state index is 11.3. The number of thioether (sulfide) groups is 1. The molecular weight excluding hydrogens is 495 g/mol. The first-order valence-corrected chi connectivity index (χ1v) is 11.9. The van der Waals surface area contributed by atoms with Gasteiger partial charge in [-0.3, -0.25) is 4.72 Å². The van der Waals surface area contributed by atoms with Gasteiger partial charge in [0.2, 0.25) is 10.0 Å². The Morgan fingerprint density at radius 2 is 2.00 bits per heavy atom. The second-order valence-corrected chi connectivity index (χ2v) is 9.94. The largest absolute Gasteiger partial charge is 0.357 e. The van der Waals surface area contributed by atoms with Crippen molar-refractivity contribution in [1.82, 2.24) is 10.2 Å². The quantitative estimate of drug-likeness (QED) is 0.339. The number of hydrogen-bond donors (Lipinski definition) is 2. The van der Waals surface area contributed by atoms with E-state index >= 15 is 0 Å². The molecule has 1 aliphatic rings. The summed E-state index contributed by atoms with van der Waals surface area (Å²) in [6.07, 6.45) is 1.15. The van der Waals surface area contributed by atoms with E-state index in [-0.39, 0.29) is 24.0 Å². The van der Waals surface area contributed by atoms with Crippen molar-refractivity contribution in [3.8, 4) is 0 Å². The number of nitrogens with one attached hydrogen (secondary N) is 2. The molecule has 1 atom stereocenters. The lowest BCUT2D eigenvalue weighted by molar-refractivity contribution is 0.381. The standard InChI is InChI=1S/C18H30N4O2S2.HI/c1-5-19-18(22-10-11-25-17(13-22)14(2)3)20-12-15-6-8-16(9-7-15)21-26(4,23)24;/h6-9,14,17,21H,5,10-13H2,1-4H3,(H,19,20);1H. The number of guanidine groups is 1. The van der Waals surface area contributed by atoms with E-state index in [1.54, 1.807) is 12.1 Å². The van der Waals surface area contributed by atoms with Crippen molar-refractivity contribution in [2.75, 3.05) is 36.4 Å². The van der Waals surface area contributed by atoms with Gasteiger partial charge in [-0.1, -0.05) is 26.0 Å². The second-order valence-electron chi connectivity index (χ2n) is 6.84. The lowest BCUT2D eigenvalue weighted by atomic mass is 10.1. The van der Waals surface area contributed by atoms with Crippen LogP contribution in [-0.2, 0) is 16.6 Å². The Bertz CT molecular complexity index is 709. The zero-order chi connectivity index (χ0) is 19.2. The molecule has 1 saturated heterocycles. The summed E-state index contributed by atoms with van der Waals surface area (Å²) in [6.45, 7) is 10.1. The van der Waals surface area contributed by atoms with E-state index in [1.807, 2.05) is 12.1 Å². The summed E-state index contributed by atoms with van der Waals surface area (Å²) < 4.78 is 25.0. The molecule has 1 unspecified atom stereocenters. The van der Waals surface area contributed by atoms with Gasteiger partial charge < -0.3 is 10.2 Å². The SMILES string of the molecule is CCNC(=NCc1ccc(NS(C)(=O)=O)cc1)N1CCSC(C(C)C)C1.I. The lowest BCUT2D eigenvalue weighted by Crippen LogP contribution is -2.49.